The summed E-state index contributed by atoms with van der Waals surface area (Å²) in [5, 5.41) is 8.65. The van der Waals surface area contributed by atoms with Crippen LogP contribution in [0.3, 0.4) is 0 Å². The molecule has 0 aliphatic heterocycles. The van der Waals surface area contributed by atoms with Crippen molar-refractivity contribution in [3.63, 3.8) is 0 Å². The van der Waals surface area contributed by atoms with E-state index in [4.69, 9.17) is 10.00 Å². The molecule has 0 saturated carbocycles. The van der Waals surface area contributed by atoms with Crippen LogP contribution in [-0.2, 0) is 9.84 Å². The van der Waals surface area contributed by atoms with Crippen molar-refractivity contribution in [1.82, 2.24) is 4.98 Å². The van der Waals surface area contributed by atoms with Gasteiger partial charge >= 0.3 is 0 Å². The van der Waals surface area contributed by atoms with Crippen LogP contribution in [0.25, 0.3) is 0 Å². The number of pyridine rings is 1. The Bertz CT molecular complexity index is 1960. The van der Waals surface area contributed by atoms with E-state index in [1.165, 1.54) is 11.1 Å². The van der Waals surface area contributed by atoms with Crippen LogP contribution in [0.15, 0.2) is 143 Å². The number of hydrogen-bond acceptors (Lipinski definition) is 5. The smallest absolute Gasteiger partial charge is 0.206 e. The van der Waals surface area contributed by atoms with E-state index in [-0.39, 0.29) is 0 Å². The van der Waals surface area contributed by atoms with Gasteiger partial charge in [0.15, 0.2) is 0 Å². The summed E-state index contributed by atoms with van der Waals surface area (Å²) in [6, 6.07) is 43.9. The van der Waals surface area contributed by atoms with Crippen molar-refractivity contribution in [2.45, 2.75) is 65.2 Å². The van der Waals surface area contributed by atoms with Gasteiger partial charge in [0, 0.05) is 11.4 Å². The maximum absolute atomic E-state index is 12.3. The summed E-state index contributed by atoms with van der Waals surface area (Å²) < 4.78 is 30.2. The molecule has 50 heavy (non-hydrogen) atoms. The highest BCUT2D eigenvalue weighted by Gasteiger charge is 2.16. The Morgan fingerprint density at radius 3 is 1.08 bits per heavy atom. The maximum atomic E-state index is 12.3. The van der Waals surface area contributed by atoms with Crippen molar-refractivity contribution in [3.8, 4) is 17.6 Å². The predicted octanol–water partition coefficient (Wildman–Crippen LogP) is 11.1. The molecule has 0 aliphatic rings. The van der Waals surface area contributed by atoms with Crippen molar-refractivity contribution in [2.75, 3.05) is 0 Å². The number of rotatable bonds is 4. The number of sulfone groups is 1. The van der Waals surface area contributed by atoms with Gasteiger partial charge in [-0.1, -0.05) is 95.1 Å². The Labute approximate surface area is 298 Å². The molecule has 0 radical (unpaired) electrons. The molecule has 0 bridgehead atoms. The summed E-state index contributed by atoms with van der Waals surface area (Å²) in [4.78, 5) is 4.85. The molecule has 0 spiro atoms. The number of aromatic nitrogens is 1. The van der Waals surface area contributed by atoms with Gasteiger partial charge in [0.2, 0.25) is 9.84 Å². The van der Waals surface area contributed by atoms with Gasteiger partial charge in [0.25, 0.3) is 0 Å². The third-order valence-corrected chi connectivity index (χ3v) is 9.35. The number of hydrogen-bond donors (Lipinski definition) is 0. The third-order valence-electron chi connectivity index (χ3n) is 7.56. The standard InChI is InChI=1S/C14H14O2S.C14H14O.C9H9N.C7H9N/c1-11-3-7-13(8-4-11)17(15,16)14-9-5-12(2)6-10-14;1-11-3-7-13(8-4-11)15-14-9-5-12(2)6-10-14;1-7-4-3-5-8(2)9(7)6-10;1-6-4-3-5-7(2)8-6/h3-10H,1-2H3;3-10H,1-2H3;3-5H,1-2H3;3-5H,1-2H3. The fraction of sp³-hybridized carbons (Fsp3) is 0.182. The maximum Gasteiger partial charge on any atom is 0.206 e. The molecule has 6 aromatic rings. The SMILES string of the molecule is Cc1ccc(Oc2ccc(C)cc2)cc1.Cc1ccc(S(=O)(=O)c2ccc(C)cc2)cc1.Cc1cccc(C)c1C#N.Cc1cccc(C)n1. The van der Waals surface area contributed by atoms with Gasteiger partial charge in [-0.15, -0.1) is 0 Å². The van der Waals surface area contributed by atoms with Gasteiger partial charge in [-0.05, 0) is 127 Å². The molecule has 0 N–H and O–H groups in total. The van der Waals surface area contributed by atoms with Crippen molar-refractivity contribution >= 4 is 9.84 Å². The van der Waals surface area contributed by atoms with E-state index < -0.39 is 9.84 Å². The third kappa shape index (κ3) is 12.5. The Hall–Kier alpha value is -5.51. The molecule has 1 aromatic heterocycles. The molecule has 0 atom stereocenters. The van der Waals surface area contributed by atoms with Crippen molar-refractivity contribution in [2.24, 2.45) is 0 Å². The normalized spacial score (nSPS) is 10.1. The molecule has 0 saturated heterocycles. The lowest BCUT2D eigenvalue weighted by molar-refractivity contribution is 0.482. The zero-order valence-corrected chi connectivity index (χ0v) is 31.0. The number of aryl methyl sites for hydroxylation is 8. The number of ether oxygens (including phenoxy) is 1. The molecule has 5 nitrogen and oxygen atoms in total. The van der Waals surface area contributed by atoms with Crippen LogP contribution in [0, 0.1) is 66.7 Å². The van der Waals surface area contributed by atoms with Gasteiger partial charge in [0.1, 0.15) is 11.5 Å². The van der Waals surface area contributed by atoms with Crippen LogP contribution in [0.1, 0.15) is 50.3 Å². The van der Waals surface area contributed by atoms with Crippen LogP contribution >= 0.6 is 0 Å². The Kier molecular flexibility index (Phi) is 14.7. The average molecular weight is 683 g/mol. The van der Waals surface area contributed by atoms with Gasteiger partial charge in [-0.25, -0.2) is 8.42 Å². The minimum atomic E-state index is -3.37. The predicted molar refractivity (Wildman–Crippen MR) is 205 cm³/mol. The van der Waals surface area contributed by atoms with Crippen LogP contribution < -0.4 is 4.74 Å². The highest BCUT2D eigenvalue weighted by atomic mass is 32.2. The molecule has 0 unspecified atom stereocenters. The summed E-state index contributed by atoms with van der Waals surface area (Å²) in [6.45, 7) is 15.9. The largest absolute Gasteiger partial charge is 0.457 e. The Balaban J connectivity index is 0.000000188. The zero-order chi connectivity index (χ0) is 36.7. The molecule has 6 heteroatoms. The van der Waals surface area contributed by atoms with Crippen molar-refractivity contribution < 1.29 is 13.2 Å². The second kappa shape index (κ2) is 18.9. The Morgan fingerprint density at radius 1 is 0.480 bits per heavy atom. The number of benzene rings is 5. The topological polar surface area (TPSA) is 80.0 Å². The van der Waals surface area contributed by atoms with Crippen LogP contribution in [0.4, 0.5) is 0 Å². The summed E-state index contributed by atoms with van der Waals surface area (Å²) in [5.41, 5.74) is 9.68. The van der Waals surface area contributed by atoms with Crippen molar-refractivity contribution in [3.05, 3.63) is 184 Å². The minimum Gasteiger partial charge on any atom is -0.457 e. The highest BCUT2D eigenvalue weighted by Crippen LogP contribution is 2.22. The molecular formula is C44H46N2O3S. The molecule has 0 aliphatic carbocycles. The monoisotopic (exact) mass is 682 g/mol. The summed E-state index contributed by atoms with van der Waals surface area (Å²) in [6.07, 6.45) is 0. The quantitative estimate of drug-likeness (QED) is 0.185. The van der Waals surface area contributed by atoms with E-state index in [1.54, 1.807) is 48.5 Å². The fourth-order valence-electron chi connectivity index (χ4n) is 4.59. The van der Waals surface area contributed by atoms with Crippen molar-refractivity contribution in [1.29, 1.82) is 5.26 Å². The first-order valence-corrected chi connectivity index (χ1v) is 17.8. The lowest BCUT2D eigenvalue weighted by Gasteiger charge is -2.05. The molecule has 0 amide bonds. The molecule has 1 heterocycles. The molecule has 0 fully saturated rings. The zero-order valence-electron chi connectivity index (χ0n) is 30.2. The van der Waals surface area contributed by atoms with E-state index in [0.717, 1.165) is 50.7 Å². The molecule has 5 aromatic carbocycles. The first kappa shape index (κ1) is 38.9. The first-order valence-electron chi connectivity index (χ1n) is 16.3. The highest BCUT2D eigenvalue weighted by molar-refractivity contribution is 7.91. The average Bonchev–Trinajstić information content (AvgIpc) is 3.08. The summed E-state index contributed by atoms with van der Waals surface area (Å²) in [7, 11) is -3.37. The van der Waals surface area contributed by atoms with E-state index in [2.05, 4.69) is 24.9 Å². The summed E-state index contributed by atoms with van der Waals surface area (Å²) >= 11 is 0. The second-order valence-electron chi connectivity index (χ2n) is 12.2. The van der Waals surface area contributed by atoms with E-state index in [9.17, 15) is 8.42 Å². The molecule has 256 valence electrons. The van der Waals surface area contributed by atoms with Crippen LogP contribution in [-0.4, -0.2) is 13.4 Å². The second-order valence-corrected chi connectivity index (χ2v) is 14.1. The van der Waals surface area contributed by atoms with Gasteiger partial charge in [-0.2, -0.15) is 5.26 Å². The Morgan fingerprint density at radius 2 is 0.800 bits per heavy atom. The lowest BCUT2D eigenvalue weighted by Crippen LogP contribution is -2.01. The minimum absolute atomic E-state index is 0.340. The van der Waals surface area contributed by atoms with Crippen LogP contribution in [0.5, 0.6) is 11.5 Å². The van der Waals surface area contributed by atoms with Crippen LogP contribution in [0.2, 0.25) is 0 Å². The fourth-order valence-corrected chi connectivity index (χ4v) is 5.85. The van der Waals surface area contributed by atoms with Gasteiger partial charge < -0.3 is 4.74 Å². The summed E-state index contributed by atoms with van der Waals surface area (Å²) in [5.74, 6) is 1.76. The number of nitriles is 1. The molecule has 6 rings (SSSR count). The number of nitrogens with zero attached hydrogens (tertiary/aromatic N) is 2. The van der Waals surface area contributed by atoms with Gasteiger partial charge in [0.05, 0.1) is 21.4 Å². The molecular weight excluding hydrogens is 637 g/mol. The van der Waals surface area contributed by atoms with E-state index in [0.29, 0.717) is 9.79 Å². The first-order chi connectivity index (χ1) is 23.8. The lowest BCUT2D eigenvalue weighted by atomic mass is 10.1. The van der Waals surface area contributed by atoms with Gasteiger partial charge in [-0.3, -0.25) is 4.98 Å². The van der Waals surface area contributed by atoms with E-state index in [1.807, 2.05) is 126 Å². The van der Waals surface area contributed by atoms with E-state index >= 15 is 0 Å².